The van der Waals surface area contributed by atoms with Crippen LogP contribution in [-0.4, -0.2) is 96.8 Å². The summed E-state index contributed by atoms with van der Waals surface area (Å²) in [4.78, 5) is 76.4. The van der Waals surface area contributed by atoms with Crippen LogP contribution < -0.4 is 10.6 Å². The van der Waals surface area contributed by atoms with E-state index in [0.717, 1.165) is 0 Å². The molecule has 0 aromatic heterocycles. The van der Waals surface area contributed by atoms with Crippen LogP contribution in [-0.2, 0) is 38.2 Å². The Morgan fingerprint density at radius 2 is 1.11 bits per heavy atom. The first kappa shape index (κ1) is 30.5. The molecule has 12 nitrogen and oxygen atoms in total. The fourth-order valence-electron chi connectivity index (χ4n) is 4.40. The molecule has 12 heteroatoms. The van der Waals surface area contributed by atoms with Gasteiger partial charge in [-0.15, -0.1) is 13.2 Å². The highest BCUT2D eigenvalue weighted by atomic mass is 16.5. The maximum absolute atomic E-state index is 12.7. The molecule has 0 aliphatic carbocycles. The molecule has 2 heterocycles. The van der Waals surface area contributed by atoms with Gasteiger partial charge >= 0.3 is 11.9 Å². The molecular formula is C26H38N4O8. The summed E-state index contributed by atoms with van der Waals surface area (Å²) in [6.45, 7) is 7.55. The number of amides is 4. The van der Waals surface area contributed by atoms with Gasteiger partial charge in [0.05, 0.1) is 0 Å². The van der Waals surface area contributed by atoms with Crippen molar-refractivity contribution in [1.29, 1.82) is 0 Å². The molecule has 0 aromatic carbocycles. The van der Waals surface area contributed by atoms with Crippen molar-refractivity contribution in [2.45, 2.75) is 63.5 Å². The molecule has 0 unspecified atom stereocenters. The predicted molar refractivity (Wildman–Crippen MR) is 136 cm³/mol. The number of carbonyl (C=O) groups excluding carboxylic acids is 6. The minimum absolute atomic E-state index is 0.169. The van der Waals surface area contributed by atoms with Crippen molar-refractivity contribution in [3.63, 3.8) is 0 Å². The standard InChI is InChI=1S/C26H38N4O8/c1-3-13-27-21(31)17-37-25(35)19-9-7-15-29(19)23(33)11-5-6-12-24(34)30-16-8-10-20(30)26(36)38-18-22(32)28-14-4-2/h3-4,19-20H,1-2,5-18H2,(H,27,31)(H,28,32)/t19-,20-/m1/s1. The Morgan fingerprint density at radius 3 is 1.47 bits per heavy atom. The van der Waals surface area contributed by atoms with Gasteiger partial charge in [-0.2, -0.15) is 0 Å². The number of likely N-dealkylation sites (tertiary alicyclic amines) is 2. The van der Waals surface area contributed by atoms with Crippen molar-refractivity contribution in [2.75, 3.05) is 39.4 Å². The Labute approximate surface area is 222 Å². The normalized spacial score (nSPS) is 18.4. The summed E-state index contributed by atoms with van der Waals surface area (Å²) >= 11 is 0. The first-order valence-electron chi connectivity index (χ1n) is 13.0. The smallest absolute Gasteiger partial charge is 0.329 e. The maximum Gasteiger partial charge on any atom is 0.329 e. The van der Waals surface area contributed by atoms with Gasteiger partial charge in [-0.3, -0.25) is 19.2 Å². The Morgan fingerprint density at radius 1 is 0.711 bits per heavy atom. The minimum atomic E-state index is -0.716. The number of rotatable bonds is 15. The first-order chi connectivity index (χ1) is 18.3. The van der Waals surface area contributed by atoms with Gasteiger partial charge < -0.3 is 29.9 Å². The summed E-state index contributed by atoms with van der Waals surface area (Å²) in [6.07, 6.45) is 6.51. The second-order valence-corrected chi connectivity index (χ2v) is 9.10. The number of unbranched alkanes of at least 4 members (excludes halogenated alkanes) is 1. The molecule has 2 fully saturated rings. The van der Waals surface area contributed by atoms with Crippen molar-refractivity contribution in [1.82, 2.24) is 20.4 Å². The number of hydrogen-bond donors (Lipinski definition) is 2. The molecule has 38 heavy (non-hydrogen) atoms. The summed E-state index contributed by atoms with van der Waals surface area (Å²) in [5.41, 5.74) is 0. The molecule has 0 bridgehead atoms. The van der Waals surface area contributed by atoms with Gasteiger partial charge in [0.1, 0.15) is 12.1 Å². The number of esters is 2. The molecule has 2 saturated heterocycles. The molecule has 2 atom stereocenters. The lowest BCUT2D eigenvalue weighted by molar-refractivity contribution is -0.156. The maximum atomic E-state index is 12.7. The van der Waals surface area contributed by atoms with Crippen molar-refractivity contribution < 1.29 is 38.2 Å². The van der Waals surface area contributed by atoms with Crippen LogP contribution in [0.3, 0.4) is 0 Å². The third kappa shape index (κ3) is 9.64. The lowest BCUT2D eigenvalue weighted by Gasteiger charge is -2.24. The average molecular weight is 535 g/mol. The summed E-state index contributed by atoms with van der Waals surface area (Å²) in [7, 11) is 0. The number of nitrogens with zero attached hydrogens (tertiary/aromatic N) is 2. The van der Waals surface area contributed by atoms with E-state index in [1.807, 2.05) is 0 Å². The Kier molecular flexibility index (Phi) is 13.0. The summed E-state index contributed by atoms with van der Waals surface area (Å²) in [5, 5.41) is 5.02. The van der Waals surface area contributed by atoms with E-state index in [1.54, 1.807) is 0 Å². The van der Waals surface area contributed by atoms with Crippen molar-refractivity contribution in [3.05, 3.63) is 25.3 Å². The van der Waals surface area contributed by atoms with E-state index in [0.29, 0.717) is 51.6 Å². The number of hydrogen-bond acceptors (Lipinski definition) is 8. The largest absolute Gasteiger partial charge is 0.454 e. The molecule has 0 aromatic rings. The second-order valence-electron chi connectivity index (χ2n) is 9.10. The van der Waals surface area contributed by atoms with Crippen molar-refractivity contribution >= 4 is 35.6 Å². The van der Waals surface area contributed by atoms with Crippen LogP contribution in [0.2, 0.25) is 0 Å². The van der Waals surface area contributed by atoms with E-state index >= 15 is 0 Å². The molecule has 2 N–H and O–H groups in total. The van der Waals surface area contributed by atoms with Gasteiger partial charge in [0.2, 0.25) is 11.8 Å². The van der Waals surface area contributed by atoms with Gasteiger partial charge in [0.25, 0.3) is 11.8 Å². The lowest BCUT2D eigenvalue weighted by atomic mass is 10.1. The molecule has 0 spiro atoms. The van der Waals surface area contributed by atoms with Gasteiger partial charge in [-0.1, -0.05) is 12.2 Å². The Hall–Kier alpha value is -3.70. The summed E-state index contributed by atoms with van der Waals surface area (Å²) < 4.78 is 10.1. The van der Waals surface area contributed by atoms with Crippen molar-refractivity contribution in [3.8, 4) is 0 Å². The van der Waals surface area contributed by atoms with E-state index < -0.39 is 49.1 Å². The van der Waals surface area contributed by atoms with Crippen LogP contribution in [0.15, 0.2) is 25.3 Å². The highest BCUT2D eigenvalue weighted by Gasteiger charge is 2.36. The first-order valence-corrected chi connectivity index (χ1v) is 13.0. The van der Waals surface area contributed by atoms with E-state index in [-0.39, 0.29) is 37.7 Å². The fourth-order valence-corrected chi connectivity index (χ4v) is 4.40. The van der Waals surface area contributed by atoms with Gasteiger partial charge in [0.15, 0.2) is 13.2 Å². The molecule has 0 saturated carbocycles. The van der Waals surface area contributed by atoms with Crippen LogP contribution in [0.25, 0.3) is 0 Å². The zero-order valence-electron chi connectivity index (χ0n) is 21.8. The fraction of sp³-hybridized carbons (Fsp3) is 0.615. The molecule has 0 radical (unpaired) electrons. The van der Waals surface area contributed by atoms with E-state index in [1.165, 1.54) is 22.0 Å². The molecule has 2 aliphatic rings. The molecular weight excluding hydrogens is 496 g/mol. The van der Waals surface area contributed by atoms with E-state index in [2.05, 4.69) is 23.8 Å². The van der Waals surface area contributed by atoms with Gasteiger partial charge in [-0.05, 0) is 38.5 Å². The molecule has 2 aliphatic heterocycles. The summed E-state index contributed by atoms with van der Waals surface area (Å²) in [5.74, 6) is -2.51. The van der Waals surface area contributed by atoms with Crippen LogP contribution >= 0.6 is 0 Å². The average Bonchev–Trinajstić information content (AvgIpc) is 3.60. The predicted octanol–water partition coefficient (Wildman–Crippen LogP) is 0.220. The van der Waals surface area contributed by atoms with E-state index in [9.17, 15) is 28.8 Å². The molecule has 210 valence electrons. The number of ether oxygens (including phenoxy) is 2. The lowest BCUT2D eigenvalue weighted by Crippen LogP contribution is -2.42. The van der Waals surface area contributed by atoms with Crippen LogP contribution in [0.5, 0.6) is 0 Å². The van der Waals surface area contributed by atoms with E-state index in [4.69, 9.17) is 9.47 Å². The highest BCUT2D eigenvalue weighted by molar-refractivity contribution is 5.88. The van der Waals surface area contributed by atoms with Crippen LogP contribution in [0.4, 0.5) is 0 Å². The second kappa shape index (κ2) is 16.2. The third-order valence-electron chi connectivity index (χ3n) is 6.30. The SMILES string of the molecule is C=CCNC(=O)COC(=O)[C@H]1CCCN1C(=O)CCCCC(=O)N1CCC[C@@H]1C(=O)OCC(=O)NCC=C. The van der Waals surface area contributed by atoms with Gasteiger partial charge in [0, 0.05) is 39.0 Å². The zero-order valence-corrected chi connectivity index (χ0v) is 21.8. The Balaban J connectivity index is 1.71. The zero-order chi connectivity index (χ0) is 27.9. The number of nitrogens with one attached hydrogen (secondary N) is 2. The minimum Gasteiger partial charge on any atom is -0.454 e. The quantitative estimate of drug-likeness (QED) is 0.172. The van der Waals surface area contributed by atoms with Crippen molar-refractivity contribution in [2.24, 2.45) is 0 Å². The molecule has 4 amide bonds. The topological polar surface area (TPSA) is 151 Å². The van der Waals surface area contributed by atoms with Crippen LogP contribution in [0.1, 0.15) is 51.4 Å². The third-order valence-corrected chi connectivity index (χ3v) is 6.30. The van der Waals surface area contributed by atoms with Crippen LogP contribution in [0, 0.1) is 0 Å². The summed E-state index contributed by atoms with van der Waals surface area (Å²) in [6, 6.07) is -1.43. The highest BCUT2D eigenvalue weighted by Crippen LogP contribution is 2.22. The monoisotopic (exact) mass is 534 g/mol. The molecule has 2 rings (SSSR count). The Bertz CT molecular complexity index is 834. The van der Waals surface area contributed by atoms with Gasteiger partial charge in [-0.25, -0.2) is 9.59 Å². The number of carbonyl (C=O) groups is 6.